The Labute approximate surface area is 214 Å². The Hall–Kier alpha value is -4.66. The van der Waals surface area contributed by atoms with E-state index >= 15 is 0 Å². The van der Waals surface area contributed by atoms with E-state index < -0.39 is 0 Å². The second-order valence-electron chi connectivity index (χ2n) is 7.74. The van der Waals surface area contributed by atoms with Gasteiger partial charge in [0.2, 0.25) is 11.6 Å². The first-order chi connectivity index (χ1) is 18.0. The van der Waals surface area contributed by atoms with Gasteiger partial charge in [-0.25, -0.2) is 4.98 Å². The Kier molecular flexibility index (Phi) is 7.52. The van der Waals surface area contributed by atoms with E-state index in [-0.39, 0.29) is 22.8 Å². The summed E-state index contributed by atoms with van der Waals surface area (Å²) in [4.78, 5) is 18.6. The number of aromatic nitrogens is 1. The minimum absolute atomic E-state index is 0.136. The van der Waals surface area contributed by atoms with Crippen molar-refractivity contribution in [1.82, 2.24) is 4.98 Å². The first-order valence-electron chi connectivity index (χ1n) is 11.2. The number of ether oxygens (including phenoxy) is 6. The second-order valence-corrected chi connectivity index (χ2v) is 7.74. The van der Waals surface area contributed by atoms with Crippen LogP contribution in [0.25, 0.3) is 22.7 Å². The Morgan fingerprint density at radius 2 is 1.32 bits per heavy atom. The molecule has 0 aliphatic carbocycles. The van der Waals surface area contributed by atoms with Crippen LogP contribution in [0.3, 0.4) is 0 Å². The molecule has 37 heavy (non-hydrogen) atoms. The summed E-state index contributed by atoms with van der Waals surface area (Å²) in [5.74, 6) is 2.21. The summed E-state index contributed by atoms with van der Waals surface area (Å²) in [6.45, 7) is 0. The summed E-state index contributed by atoms with van der Waals surface area (Å²) in [5, 5.41) is 0. The lowest BCUT2D eigenvalue weighted by atomic mass is 9.99. The van der Waals surface area contributed by atoms with Crippen molar-refractivity contribution in [3.05, 3.63) is 65.5 Å². The maximum Gasteiger partial charge on any atom is 0.231 e. The van der Waals surface area contributed by atoms with Crippen molar-refractivity contribution in [1.29, 1.82) is 0 Å². The lowest BCUT2D eigenvalue weighted by molar-refractivity contribution is 0.105. The van der Waals surface area contributed by atoms with Crippen molar-refractivity contribution in [2.24, 2.45) is 0 Å². The fourth-order valence-electron chi connectivity index (χ4n) is 3.90. The quantitative estimate of drug-likeness (QED) is 0.210. The first-order valence-corrected chi connectivity index (χ1v) is 11.2. The largest absolute Gasteiger partial charge is 0.496 e. The van der Waals surface area contributed by atoms with Gasteiger partial charge in [-0.3, -0.25) is 4.79 Å². The predicted molar refractivity (Wildman–Crippen MR) is 138 cm³/mol. The van der Waals surface area contributed by atoms with Crippen molar-refractivity contribution in [2.75, 3.05) is 42.7 Å². The molecule has 4 rings (SSSR count). The molecule has 0 aliphatic rings. The molecule has 0 aliphatic heterocycles. The van der Waals surface area contributed by atoms with E-state index in [9.17, 15) is 4.79 Å². The molecule has 192 valence electrons. The monoisotopic (exact) mass is 505 g/mol. The molecule has 0 N–H and O–H groups in total. The fraction of sp³-hybridized carbons (Fsp3) is 0.214. The Balaban J connectivity index is 1.96. The molecular formula is C28H27NO8. The number of benzene rings is 3. The smallest absolute Gasteiger partial charge is 0.231 e. The molecule has 3 aromatic carbocycles. The van der Waals surface area contributed by atoms with Crippen molar-refractivity contribution in [2.45, 2.75) is 0 Å². The van der Waals surface area contributed by atoms with Crippen molar-refractivity contribution in [3.63, 3.8) is 0 Å². The molecule has 1 aromatic heterocycles. The van der Waals surface area contributed by atoms with Crippen molar-refractivity contribution in [3.8, 4) is 34.5 Å². The SMILES string of the molecule is COc1cc(OC)c(OC)cc1/C=C(/C(=O)c1cc(OC)c(OC)c(OC)c1)c1nc2ccccc2o1. The number of hydrogen-bond acceptors (Lipinski definition) is 9. The topological polar surface area (TPSA) is 98.5 Å². The summed E-state index contributed by atoms with van der Waals surface area (Å²) >= 11 is 0. The van der Waals surface area contributed by atoms with E-state index in [1.807, 2.05) is 12.1 Å². The molecule has 0 unspecified atom stereocenters. The lowest BCUT2D eigenvalue weighted by Gasteiger charge is -2.15. The maximum absolute atomic E-state index is 14.0. The lowest BCUT2D eigenvalue weighted by Crippen LogP contribution is -2.06. The highest BCUT2D eigenvalue weighted by Gasteiger charge is 2.25. The number of fused-ring (bicyclic) bond motifs is 1. The molecule has 0 fully saturated rings. The first kappa shape index (κ1) is 25.4. The molecule has 1 heterocycles. The van der Waals surface area contributed by atoms with Gasteiger partial charge in [0.15, 0.2) is 34.4 Å². The number of oxazole rings is 1. The van der Waals surface area contributed by atoms with Crippen LogP contribution in [0, 0.1) is 0 Å². The van der Waals surface area contributed by atoms with Gasteiger partial charge in [0.25, 0.3) is 0 Å². The van der Waals surface area contributed by atoms with E-state index in [1.165, 1.54) is 42.7 Å². The van der Waals surface area contributed by atoms with Crippen LogP contribution < -0.4 is 28.4 Å². The van der Waals surface area contributed by atoms with E-state index in [1.54, 1.807) is 42.5 Å². The number of rotatable bonds is 10. The Morgan fingerprint density at radius 1 is 0.730 bits per heavy atom. The summed E-state index contributed by atoms with van der Waals surface area (Å²) in [6.07, 6.45) is 1.64. The van der Waals surface area contributed by atoms with Gasteiger partial charge in [0, 0.05) is 17.2 Å². The molecule has 0 amide bonds. The van der Waals surface area contributed by atoms with Gasteiger partial charge in [0.05, 0.1) is 48.2 Å². The number of carbonyl (C=O) groups is 1. The Bertz CT molecular complexity index is 1410. The third-order valence-electron chi connectivity index (χ3n) is 5.73. The van der Waals surface area contributed by atoms with Crippen LogP contribution in [-0.2, 0) is 0 Å². The molecule has 0 saturated heterocycles. The molecule has 0 saturated carbocycles. The number of carbonyl (C=O) groups excluding carboxylic acids is 1. The molecule has 0 atom stereocenters. The molecular weight excluding hydrogens is 478 g/mol. The number of methoxy groups -OCH3 is 6. The minimum atomic E-state index is -0.386. The second kappa shape index (κ2) is 10.9. The third-order valence-corrected chi connectivity index (χ3v) is 5.73. The standard InChI is InChI=1S/C28H27NO8/c1-31-21-15-23(33-3)22(32-2)12-16(21)11-18(28-29-19-9-7-8-10-20(19)37-28)26(30)17-13-24(34-4)27(36-6)25(14-17)35-5/h7-15H,1-6H3/b18-11-. The molecule has 9 nitrogen and oxygen atoms in total. The molecule has 0 spiro atoms. The average Bonchev–Trinajstić information content (AvgIpc) is 3.38. The van der Waals surface area contributed by atoms with Gasteiger partial charge in [-0.15, -0.1) is 0 Å². The zero-order chi connectivity index (χ0) is 26.5. The van der Waals surface area contributed by atoms with Crippen LogP contribution in [0.4, 0.5) is 0 Å². The number of hydrogen-bond donors (Lipinski definition) is 0. The number of Topliss-reactive ketones (excluding diaryl/α,β-unsaturated/α-hetero) is 1. The van der Waals surface area contributed by atoms with Crippen LogP contribution >= 0.6 is 0 Å². The number of allylic oxidation sites excluding steroid dienone is 1. The van der Waals surface area contributed by atoms with Gasteiger partial charge >= 0.3 is 0 Å². The minimum Gasteiger partial charge on any atom is -0.496 e. The highest BCUT2D eigenvalue weighted by atomic mass is 16.5. The molecule has 0 bridgehead atoms. The summed E-state index contributed by atoms with van der Waals surface area (Å²) < 4.78 is 38.7. The molecule has 4 aromatic rings. The van der Waals surface area contributed by atoms with Gasteiger partial charge in [-0.1, -0.05) is 12.1 Å². The van der Waals surface area contributed by atoms with Crippen LogP contribution in [0.1, 0.15) is 21.8 Å². The van der Waals surface area contributed by atoms with Gasteiger partial charge in [-0.05, 0) is 36.4 Å². The third kappa shape index (κ3) is 4.88. The maximum atomic E-state index is 14.0. The average molecular weight is 506 g/mol. The Morgan fingerprint density at radius 3 is 1.89 bits per heavy atom. The van der Waals surface area contributed by atoms with E-state index in [0.717, 1.165) is 0 Å². The zero-order valence-electron chi connectivity index (χ0n) is 21.4. The van der Waals surface area contributed by atoms with Crippen LogP contribution in [0.5, 0.6) is 34.5 Å². The van der Waals surface area contributed by atoms with Crippen LogP contribution in [0.15, 0.2) is 52.9 Å². The van der Waals surface area contributed by atoms with E-state index in [0.29, 0.717) is 51.2 Å². The molecule has 9 heteroatoms. The number of nitrogens with zero attached hydrogens (tertiary/aromatic N) is 1. The van der Waals surface area contributed by atoms with Crippen molar-refractivity contribution < 1.29 is 37.6 Å². The number of para-hydroxylation sites is 2. The predicted octanol–water partition coefficient (Wildman–Crippen LogP) is 5.30. The van der Waals surface area contributed by atoms with Gasteiger partial charge < -0.3 is 32.8 Å². The van der Waals surface area contributed by atoms with Crippen molar-refractivity contribution >= 4 is 28.5 Å². The highest BCUT2D eigenvalue weighted by Crippen LogP contribution is 2.41. The highest BCUT2D eigenvalue weighted by molar-refractivity contribution is 6.32. The fourth-order valence-corrected chi connectivity index (χ4v) is 3.90. The summed E-state index contributed by atoms with van der Waals surface area (Å²) in [5.41, 5.74) is 2.16. The normalized spacial score (nSPS) is 11.2. The van der Waals surface area contributed by atoms with Gasteiger partial charge in [-0.2, -0.15) is 0 Å². The van der Waals surface area contributed by atoms with E-state index in [2.05, 4.69) is 4.98 Å². The summed E-state index contributed by atoms with van der Waals surface area (Å²) in [7, 11) is 9.05. The molecule has 0 radical (unpaired) electrons. The number of ketones is 1. The van der Waals surface area contributed by atoms with Gasteiger partial charge in [0.1, 0.15) is 11.3 Å². The summed E-state index contributed by atoms with van der Waals surface area (Å²) in [6, 6.07) is 13.8. The zero-order valence-corrected chi connectivity index (χ0v) is 21.4. The van der Waals surface area contributed by atoms with E-state index in [4.69, 9.17) is 32.8 Å². The van der Waals surface area contributed by atoms with Crippen LogP contribution in [-0.4, -0.2) is 53.4 Å². The van der Waals surface area contributed by atoms with Crippen LogP contribution in [0.2, 0.25) is 0 Å².